The van der Waals surface area contributed by atoms with E-state index in [2.05, 4.69) is 48.0 Å². The highest BCUT2D eigenvalue weighted by molar-refractivity contribution is 9.10. The zero-order valence-corrected chi connectivity index (χ0v) is 12.4. The molecule has 3 heteroatoms. The summed E-state index contributed by atoms with van der Waals surface area (Å²) in [5.41, 5.74) is 6.20. The zero-order valence-electron chi connectivity index (χ0n) is 9.95. The molecule has 0 aliphatic heterocycles. The Labute approximate surface area is 111 Å². The molecule has 0 aromatic heterocycles. The maximum atomic E-state index is 6.20. The average Bonchev–Trinajstić information content (AvgIpc) is 2.29. The molecule has 0 saturated carbocycles. The molecule has 0 heterocycles. The lowest BCUT2D eigenvalue weighted by molar-refractivity contribution is 0.422. The van der Waals surface area contributed by atoms with E-state index < -0.39 is 0 Å². The molecular formula is C13H20BrNS. The fraction of sp³-hybridized carbons (Fsp3) is 0.538. The van der Waals surface area contributed by atoms with Gasteiger partial charge >= 0.3 is 0 Å². The Bertz CT molecular complexity index is 313. The molecule has 1 aromatic carbocycles. The van der Waals surface area contributed by atoms with Crippen LogP contribution in [0.5, 0.6) is 0 Å². The summed E-state index contributed by atoms with van der Waals surface area (Å²) in [7, 11) is 0. The van der Waals surface area contributed by atoms with Crippen molar-refractivity contribution in [3.8, 4) is 0 Å². The van der Waals surface area contributed by atoms with Gasteiger partial charge in [-0.1, -0.05) is 38.8 Å². The molecule has 90 valence electrons. The van der Waals surface area contributed by atoms with Gasteiger partial charge in [-0.15, -0.1) is 11.8 Å². The minimum Gasteiger partial charge on any atom is -0.327 e. The van der Waals surface area contributed by atoms with Crippen molar-refractivity contribution in [3.05, 3.63) is 28.7 Å². The first kappa shape index (κ1) is 14.1. The SMILES string of the molecule is CCC(CC)C(N)CSc1ccccc1Br. The molecule has 1 unspecified atom stereocenters. The van der Waals surface area contributed by atoms with E-state index in [-0.39, 0.29) is 0 Å². The molecule has 0 spiro atoms. The van der Waals surface area contributed by atoms with Crippen LogP contribution in [-0.4, -0.2) is 11.8 Å². The van der Waals surface area contributed by atoms with E-state index >= 15 is 0 Å². The minimum atomic E-state index is 0.298. The summed E-state index contributed by atoms with van der Waals surface area (Å²) in [4.78, 5) is 1.28. The van der Waals surface area contributed by atoms with Crippen LogP contribution in [0.1, 0.15) is 26.7 Å². The van der Waals surface area contributed by atoms with Crippen molar-refractivity contribution >= 4 is 27.7 Å². The first-order chi connectivity index (χ1) is 7.69. The number of halogens is 1. The monoisotopic (exact) mass is 301 g/mol. The Hall–Kier alpha value is 0.01000. The molecule has 0 saturated heterocycles. The highest BCUT2D eigenvalue weighted by Crippen LogP contribution is 2.28. The van der Waals surface area contributed by atoms with Crippen LogP contribution in [0.25, 0.3) is 0 Å². The fourth-order valence-electron chi connectivity index (χ4n) is 1.78. The van der Waals surface area contributed by atoms with Gasteiger partial charge in [0.05, 0.1) is 0 Å². The van der Waals surface area contributed by atoms with Crippen molar-refractivity contribution in [3.63, 3.8) is 0 Å². The van der Waals surface area contributed by atoms with Crippen molar-refractivity contribution in [2.24, 2.45) is 11.7 Å². The van der Waals surface area contributed by atoms with Crippen LogP contribution in [0.15, 0.2) is 33.6 Å². The fourth-order valence-corrected chi connectivity index (χ4v) is 3.43. The molecule has 1 nitrogen and oxygen atoms in total. The van der Waals surface area contributed by atoms with Gasteiger partial charge in [0.15, 0.2) is 0 Å². The van der Waals surface area contributed by atoms with E-state index in [4.69, 9.17) is 5.73 Å². The third-order valence-electron chi connectivity index (χ3n) is 2.92. The van der Waals surface area contributed by atoms with Gasteiger partial charge in [-0.05, 0) is 34.0 Å². The van der Waals surface area contributed by atoms with Gasteiger partial charge in [0.2, 0.25) is 0 Å². The molecule has 0 aliphatic rings. The summed E-state index contributed by atoms with van der Waals surface area (Å²) in [6.45, 7) is 4.44. The molecule has 0 fully saturated rings. The number of thioether (sulfide) groups is 1. The van der Waals surface area contributed by atoms with Gasteiger partial charge in [0.25, 0.3) is 0 Å². The third-order valence-corrected chi connectivity index (χ3v) is 5.09. The Morgan fingerprint density at radius 2 is 1.88 bits per heavy atom. The van der Waals surface area contributed by atoms with Gasteiger partial charge in [-0.2, -0.15) is 0 Å². The van der Waals surface area contributed by atoms with Crippen molar-refractivity contribution < 1.29 is 0 Å². The average molecular weight is 302 g/mol. The highest BCUT2D eigenvalue weighted by atomic mass is 79.9. The van der Waals surface area contributed by atoms with Gasteiger partial charge in [-0.25, -0.2) is 0 Å². The lowest BCUT2D eigenvalue weighted by Gasteiger charge is -2.20. The molecule has 0 aliphatic carbocycles. The van der Waals surface area contributed by atoms with Crippen LogP contribution in [0.2, 0.25) is 0 Å². The maximum Gasteiger partial charge on any atom is 0.0311 e. The van der Waals surface area contributed by atoms with Gasteiger partial charge in [0, 0.05) is 21.2 Å². The summed E-state index contributed by atoms with van der Waals surface area (Å²) in [6, 6.07) is 8.61. The topological polar surface area (TPSA) is 26.0 Å². The molecule has 1 aromatic rings. The van der Waals surface area contributed by atoms with Gasteiger partial charge in [0.1, 0.15) is 0 Å². The van der Waals surface area contributed by atoms with Crippen molar-refractivity contribution in [2.75, 3.05) is 5.75 Å². The van der Waals surface area contributed by atoms with Crippen molar-refractivity contribution in [1.29, 1.82) is 0 Å². The summed E-state index contributed by atoms with van der Waals surface area (Å²) in [5, 5.41) is 0. The van der Waals surface area contributed by atoms with E-state index in [0.29, 0.717) is 12.0 Å². The van der Waals surface area contributed by atoms with Crippen LogP contribution in [0.3, 0.4) is 0 Å². The zero-order chi connectivity index (χ0) is 12.0. The quantitative estimate of drug-likeness (QED) is 0.793. The second-order valence-corrected chi connectivity index (χ2v) is 5.90. The van der Waals surface area contributed by atoms with Crippen molar-refractivity contribution in [1.82, 2.24) is 0 Å². The molecule has 0 amide bonds. The van der Waals surface area contributed by atoms with E-state index in [1.807, 2.05) is 17.8 Å². The lowest BCUT2D eigenvalue weighted by atomic mass is 9.96. The maximum absolute atomic E-state index is 6.20. The van der Waals surface area contributed by atoms with Crippen LogP contribution in [0.4, 0.5) is 0 Å². The molecule has 0 radical (unpaired) electrons. The van der Waals surface area contributed by atoms with Gasteiger partial charge in [-0.3, -0.25) is 0 Å². The van der Waals surface area contributed by atoms with Crippen LogP contribution in [-0.2, 0) is 0 Å². The Kier molecular flexibility index (Phi) is 6.47. The van der Waals surface area contributed by atoms with Crippen LogP contribution < -0.4 is 5.73 Å². The second-order valence-electron chi connectivity index (χ2n) is 3.98. The number of rotatable bonds is 6. The number of nitrogens with two attached hydrogens (primary N) is 1. The molecule has 2 N–H and O–H groups in total. The van der Waals surface area contributed by atoms with E-state index in [9.17, 15) is 0 Å². The third kappa shape index (κ3) is 4.11. The predicted octanol–water partition coefficient (Wildman–Crippen LogP) is 4.30. The molecular weight excluding hydrogens is 282 g/mol. The summed E-state index contributed by atoms with van der Waals surface area (Å²) < 4.78 is 1.16. The Balaban J connectivity index is 2.48. The van der Waals surface area contributed by atoms with Crippen LogP contribution in [0, 0.1) is 5.92 Å². The number of hydrogen-bond donors (Lipinski definition) is 1. The normalized spacial score (nSPS) is 13.1. The first-order valence-electron chi connectivity index (χ1n) is 5.81. The summed E-state index contributed by atoms with van der Waals surface area (Å²) in [6.07, 6.45) is 2.35. The van der Waals surface area contributed by atoms with E-state index in [1.54, 1.807) is 0 Å². The molecule has 16 heavy (non-hydrogen) atoms. The minimum absolute atomic E-state index is 0.298. The Morgan fingerprint density at radius 1 is 1.25 bits per heavy atom. The largest absolute Gasteiger partial charge is 0.327 e. The standard InChI is InChI=1S/C13H20BrNS/c1-3-10(4-2)12(15)9-16-13-8-6-5-7-11(13)14/h5-8,10,12H,3-4,9,15H2,1-2H3. The second kappa shape index (κ2) is 7.36. The predicted molar refractivity (Wildman–Crippen MR) is 76.9 cm³/mol. The lowest BCUT2D eigenvalue weighted by Crippen LogP contribution is -2.31. The molecule has 1 atom stereocenters. The number of hydrogen-bond acceptors (Lipinski definition) is 2. The summed E-state index contributed by atoms with van der Waals surface area (Å²) >= 11 is 5.40. The van der Waals surface area contributed by atoms with E-state index in [1.165, 1.54) is 17.7 Å². The van der Waals surface area contributed by atoms with E-state index in [0.717, 1.165) is 10.2 Å². The smallest absolute Gasteiger partial charge is 0.0311 e. The summed E-state index contributed by atoms with van der Waals surface area (Å²) in [5.74, 6) is 1.64. The molecule has 0 bridgehead atoms. The van der Waals surface area contributed by atoms with Gasteiger partial charge < -0.3 is 5.73 Å². The Morgan fingerprint density at radius 3 is 2.44 bits per heavy atom. The first-order valence-corrected chi connectivity index (χ1v) is 7.59. The molecule has 1 rings (SSSR count). The number of benzene rings is 1. The van der Waals surface area contributed by atoms with Crippen molar-refractivity contribution in [2.45, 2.75) is 37.6 Å². The van der Waals surface area contributed by atoms with Crippen LogP contribution >= 0.6 is 27.7 Å². The highest BCUT2D eigenvalue weighted by Gasteiger charge is 2.14.